The van der Waals surface area contributed by atoms with E-state index in [9.17, 15) is 0 Å². The van der Waals surface area contributed by atoms with Crippen LogP contribution in [0.1, 0.15) is 0 Å². The average molecular weight is 422 g/mol. The number of nitrogens with zero attached hydrogens (tertiary/aromatic N) is 4. The lowest BCUT2D eigenvalue weighted by molar-refractivity contribution is 1.07. The van der Waals surface area contributed by atoms with E-state index in [0.717, 1.165) is 33.3 Å². The Kier molecular flexibility index (Phi) is 3.81. The van der Waals surface area contributed by atoms with E-state index in [1.165, 1.54) is 21.5 Å². The van der Waals surface area contributed by atoms with Gasteiger partial charge in [0, 0.05) is 34.1 Å². The molecule has 3 aromatic heterocycles. The first-order valence-corrected chi connectivity index (χ1v) is 11.0. The van der Waals surface area contributed by atoms with Crippen molar-refractivity contribution in [2.45, 2.75) is 0 Å². The second-order valence-electron chi connectivity index (χ2n) is 8.20. The summed E-state index contributed by atoms with van der Waals surface area (Å²) in [7, 11) is 0. The summed E-state index contributed by atoms with van der Waals surface area (Å²) in [5.74, 6) is 1.55. The minimum absolute atomic E-state index is 0.670. The maximum atomic E-state index is 5.11. The quantitative estimate of drug-likeness (QED) is 0.303. The highest BCUT2D eigenvalue weighted by molar-refractivity contribution is 6.14. The third-order valence-electron chi connectivity index (χ3n) is 6.25. The molecule has 4 aromatic carbocycles. The normalized spacial score (nSPS) is 11.6. The summed E-state index contributed by atoms with van der Waals surface area (Å²) in [5, 5.41) is 5.89. The summed E-state index contributed by atoms with van der Waals surface area (Å²) in [6.45, 7) is 0. The summed E-state index contributed by atoms with van der Waals surface area (Å²) >= 11 is 0. The molecule has 0 amide bonds. The van der Waals surface area contributed by atoms with Gasteiger partial charge in [0.15, 0.2) is 5.82 Å². The van der Waals surface area contributed by atoms with Crippen molar-refractivity contribution in [1.29, 1.82) is 0 Å². The van der Waals surface area contributed by atoms with Gasteiger partial charge in [0.05, 0.1) is 16.6 Å². The van der Waals surface area contributed by atoms with Crippen molar-refractivity contribution in [2.24, 2.45) is 0 Å². The van der Waals surface area contributed by atoms with Crippen LogP contribution in [0.5, 0.6) is 0 Å². The van der Waals surface area contributed by atoms with Crippen LogP contribution >= 0.6 is 0 Å². The van der Waals surface area contributed by atoms with Crippen LogP contribution < -0.4 is 0 Å². The molecule has 0 atom stereocenters. The molecule has 154 valence electrons. The highest BCUT2D eigenvalue weighted by Crippen LogP contribution is 2.36. The van der Waals surface area contributed by atoms with Gasteiger partial charge in [-0.3, -0.25) is 9.55 Å². The van der Waals surface area contributed by atoms with Crippen molar-refractivity contribution in [3.05, 3.63) is 109 Å². The van der Waals surface area contributed by atoms with Gasteiger partial charge in [-0.25, -0.2) is 9.97 Å². The topological polar surface area (TPSA) is 43.6 Å². The highest BCUT2D eigenvalue weighted by atomic mass is 15.1. The van der Waals surface area contributed by atoms with Gasteiger partial charge in [-0.15, -0.1) is 0 Å². The molecular formula is C29H18N4. The number of fused-ring (bicyclic) bond motifs is 5. The van der Waals surface area contributed by atoms with E-state index in [2.05, 4.69) is 76.3 Å². The van der Waals surface area contributed by atoms with Crippen molar-refractivity contribution in [2.75, 3.05) is 0 Å². The molecule has 0 spiro atoms. The number of aromatic nitrogens is 4. The van der Waals surface area contributed by atoms with Gasteiger partial charge in [0.1, 0.15) is 5.82 Å². The Morgan fingerprint density at radius 3 is 2.18 bits per heavy atom. The Hall–Kier alpha value is -4.57. The molecule has 0 aliphatic carbocycles. The van der Waals surface area contributed by atoms with E-state index in [4.69, 9.17) is 9.97 Å². The molecule has 0 aliphatic heterocycles. The van der Waals surface area contributed by atoms with Gasteiger partial charge in [-0.1, -0.05) is 54.6 Å². The maximum absolute atomic E-state index is 5.11. The van der Waals surface area contributed by atoms with Gasteiger partial charge in [-0.2, -0.15) is 0 Å². The fourth-order valence-electron chi connectivity index (χ4n) is 4.74. The number of rotatable bonds is 2. The van der Waals surface area contributed by atoms with Crippen LogP contribution in [0.25, 0.3) is 60.7 Å². The molecule has 4 nitrogen and oxygen atoms in total. The zero-order valence-corrected chi connectivity index (χ0v) is 17.7. The monoisotopic (exact) mass is 422 g/mol. The van der Waals surface area contributed by atoms with E-state index >= 15 is 0 Å². The molecule has 33 heavy (non-hydrogen) atoms. The Bertz CT molecular complexity index is 1820. The molecule has 0 bridgehead atoms. The molecule has 4 heteroatoms. The summed E-state index contributed by atoms with van der Waals surface area (Å²) in [6, 6.07) is 33.7. The van der Waals surface area contributed by atoms with Crippen molar-refractivity contribution in [3.8, 4) is 17.2 Å². The molecule has 3 heterocycles. The second-order valence-corrected chi connectivity index (χ2v) is 8.20. The summed E-state index contributed by atoms with van der Waals surface area (Å²) < 4.78 is 2.28. The fraction of sp³-hybridized carbons (Fsp3) is 0. The number of pyridine rings is 1. The number of hydrogen-bond donors (Lipinski definition) is 0. The minimum atomic E-state index is 0.670. The van der Waals surface area contributed by atoms with Gasteiger partial charge in [0.25, 0.3) is 0 Å². The lowest BCUT2D eigenvalue weighted by Crippen LogP contribution is -2.02. The van der Waals surface area contributed by atoms with Crippen LogP contribution in [-0.4, -0.2) is 19.5 Å². The van der Waals surface area contributed by atoms with Crippen LogP contribution in [-0.2, 0) is 0 Å². The van der Waals surface area contributed by atoms with E-state index in [0.29, 0.717) is 5.82 Å². The molecule has 0 fully saturated rings. The average Bonchev–Trinajstić information content (AvgIpc) is 3.20. The van der Waals surface area contributed by atoms with Crippen molar-refractivity contribution >= 4 is 43.5 Å². The SMILES string of the molecule is c1cncc(-c2nc(-n3c4ccccc4c4cc5ccccc5cc43)c3ccccc3n2)c1. The first-order valence-electron chi connectivity index (χ1n) is 11.0. The van der Waals surface area contributed by atoms with Gasteiger partial charge < -0.3 is 0 Å². The smallest absolute Gasteiger partial charge is 0.163 e. The molecule has 7 rings (SSSR count). The Labute approximate surface area is 189 Å². The summed E-state index contributed by atoms with van der Waals surface area (Å²) in [5.41, 5.74) is 4.07. The highest BCUT2D eigenvalue weighted by Gasteiger charge is 2.18. The molecule has 0 unspecified atom stereocenters. The molecule has 0 saturated heterocycles. The maximum Gasteiger partial charge on any atom is 0.163 e. The largest absolute Gasteiger partial charge is 0.293 e. The van der Waals surface area contributed by atoms with Crippen molar-refractivity contribution < 1.29 is 0 Å². The zero-order valence-electron chi connectivity index (χ0n) is 17.7. The lowest BCUT2D eigenvalue weighted by Gasteiger charge is -2.12. The van der Waals surface area contributed by atoms with Crippen LogP contribution in [0.4, 0.5) is 0 Å². The van der Waals surface area contributed by atoms with E-state index < -0.39 is 0 Å². The van der Waals surface area contributed by atoms with Gasteiger partial charge >= 0.3 is 0 Å². The predicted octanol–water partition coefficient (Wildman–Crippen LogP) is 6.94. The van der Waals surface area contributed by atoms with Crippen molar-refractivity contribution in [1.82, 2.24) is 19.5 Å². The third-order valence-corrected chi connectivity index (χ3v) is 6.25. The predicted molar refractivity (Wildman–Crippen MR) is 135 cm³/mol. The second kappa shape index (κ2) is 6.97. The van der Waals surface area contributed by atoms with Crippen molar-refractivity contribution in [3.63, 3.8) is 0 Å². The van der Waals surface area contributed by atoms with Crippen LogP contribution in [0, 0.1) is 0 Å². The lowest BCUT2D eigenvalue weighted by atomic mass is 10.1. The fourth-order valence-corrected chi connectivity index (χ4v) is 4.74. The van der Waals surface area contributed by atoms with Crippen LogP contribution in [0.2, 0.25) is 0 Å². The third kappa shape index (κ3) is 2.74. The number of hydrogen-bond acceptors (Lipinski definition) is 3. The molecule has 7 aromatic rings. The van der Waals surface area contributed by atoms with E-state index in [1.807, 2.05) is 36.5 Å². The van der Waals surface area contributed by atoms with Crippen LogP contribution in [0.3, 0.4) is 0 Å². The Morgan fingerprint density at radius 2 is 1.33 bits per heavy atom. The van der Waals surface area contributed by atoms with E-state index in [1.54, 1.807) is 6.20 Å². The molecule has 0 radical (unpaired) electrons. The number of para-hydroxylation sites is 2. The number of benzene rings is 4. The molecule has 0 saturated carbocycles. The first-order chi connectivity index (χ1) is 16.4. The van der Waals surface area contributed by atoms with Gasteiger partial charge in [-0.05, 0) is 53.2 Å². The first kappa shape index (κ1) is 18.0. The van der Waals surface area contributed by atoms with Gasteiger partial charge in [0.2, 0.25) is 0 Å². The summed E-state index contributed by atoms with van der Waals surface area (Å²) in [6.07, 6.45) is 3.58. The molecule has 0 aliphatic rings. The minimum Gasteiger partial charge on any atom is -0.293 e. The summed E-state index contributed by atoms with van der Waals surface area (Å²) in [4.78, 5) is 14.2. The zero-order chi connectivity index (χ0) is 21.8. The molecule has 0 N–H and O–H groups in total. The molecular weight excluding hydrogens is 404 g/mol. The standard InChI is InChI=1S/C29H18N4/c1-2-9-20-17-27-24(16-19(20)8-1)22-11-4-6-14-26(22)33(27)29-23-12-3-5-13-25(23)31-28(32-29)21-10-7-15-30-18-21/h1-18H. The van der Waals surface area contributed by atoms with Crippen LogP contribution in [0.15, 0.2) is 109 Å². The van der Waals surface area contributed by atoms with E-state index in [-0.39, 0.29) is 0 Å². The Morgan fingerprint density at radius 1 is 0.576 bits per heavy atom. The Balaban J connectivity index is 1.66.